The third-order valence-electron chi connectivity index (χ3n) is 2.63. The van der Waals surface area contributed by atoms with Gasteiger partial charge in [0.1, 0.15) is 5.82 Å². The lowest BCUT2D eigenvalue weighted by atomic mass is 10.2. The van der Waals surface area contributed by atoms with Gasteiger partial charge in [0.25, 0.3) is 5.56 Å². The van der Waals surface area contributed by atoms with Crippen LogP contribution in [0, 0.1) is 0 Å². The average Bonchev–Trinajstić information content (AvgIpc) is 2.38. The summed E-state index contributed by atoms with van der Waals surface area (Å²) >= 11 is 3.42. The van der Waals surface area contributed by atoms with Crippen molar-refractivity contribution < 1.29 is 0 Å². The van der Waals surface area contributed by atoms with Gasteiger partial charge in [-0.3, -0.25) is 4.79 Å². The van der Waals surface area contributed by atoms with Gasteiger partial charge in [-0.1, -0.05) is 35.0 Å². The van der Waals surface area contributed by atoms with Crippen LogP contribution in [0.25, 0.3) is 11.4 Å². The largest absolute Gasteiger partial charge is 0.311 e. The monoisotopic (exact) mass is 321 g/mol. The Morgan fingerprint density at radius 2 is 2.21 bits per heavy atom. The molecule has 0 aliphatic heterocycles. The third-order valence-corrected chi connectivity index (χ3v) is 3.12. The highest BCUT2D eigenvalue weighted by atomic mass is 79.9. The van der Waals surface area contributed by atoms with Crippen LogP contribution in [0.15, 0.2) is 39.6 Å². The van der Waals surface area contributed by atoms with Gasteiger partial charge in [0, 0.05) is 22.6 Å². The number of rotatable bonds is 5. The molecule has 19 heavy (non-hydrogen) atoms. The normalized spacial score (nSPS) is 10.6. The first kappa shape index (κ1) is 14.0. The Kier molecular flexibility index (Phi) is 4.87. The van der Waals surface area contributed by atoms with Crippen LogP contribution in [-0.4, -0.2) is 16.5 Å². The Hall–Kier alpha value is -1.46. The topological polar surface area (TPSA) is 57.8 Å². The molecule has 0 unspecified atom stereocenters. The van der Waals surface area contributed by atoms with Crippen LogP contribution in [0.2, 0.25) is 0 Å². The second-order valence-electron chi connectivity index (χ2n) is 4.27. The van der Waals surface area contributed by atoms with Gasteiger partial charge in [-0.2, -0.15) is 0 Å². The first-order valence-corrected chi connectivity index (χ1v) is 7.05. The van der Waals surface area contributed by atoms with Gasteiger partial charge in [-0.25, -0.2) is 4.98 Å². The maximum absolute atomic E-state index is 11.7. The standard InChI is InChI=1S/C14H16BrN3O/c1-2-6-16-9-12-8-13(19)18-14(17-12)10-4-3-5-11(15)7-10/h3-5,7-8,16H,2,6,9H2,1H3,(H,17,18,19). The fraction of sp³-hybridized carbons (Fsp3) is 0.286. The minimum absolute atomic E-state index is 0.127. The summed E-state index contributed by atoms with van der Waals surface area (Å²) in [4.78, 5) is 18.9. The summed E-state index contributed by atoms with van der Waals surface area (Å²) in [7, 11) is 0. The van der Waals surface area contributed by atoms with Crippen molar-refractivity contribution in [3.05, 3.63) is 50.9 Å². The van der Waals surface area contributed by atoms with Crippen LogP contribution >= 0.6 is 15.9 Å². The van der Waals surface area contributed by atoms with E-state index in [-0.39, 0.29) is 5.56 Å². The molecule has 1 aromatic carbocycles. The van der Waals surface area contributed by atoms with Gasteiger partial charge in [0.05, 0.1) is 5.69 Å². The van der Waals surface area contributed by atoms with Crippen molar-refractivity contribution in [1.29, 1.82) is 0 Å². The lowest BCUT2D eigenvalue weighted by Crippen LogP contribution is -2.18. The molecule has 4 nitrogen and oxygen atoms in total. The van der Waals surface area contributed by atoms with E-state index in [1.165, 1.54) is 6.07 Å². The number of benzene rings is 1. The number of aromatic nitrogens is 2. The molecule has 100 valence electrons. The molecule has 5 heteroatoms. The second-order valence-corrected chi connectivity index (χ2v) is 5.19. The molecule has 0 fully saturated rings. The third kappa shape index (κ3) is 4.01. The van der Waals surface area contributed by atoms with Crippen LogP contribution in [0.5, 0.6) is 0 Å². The number of nitrogens with one attached hydrogen (secondary N) is 2. The molecule has 0 radical (unpaired) electrons. The molecule has 0 aliphatic carbocycles. The predicted molar refractivity (Wildman–Crippen MR) is 80.0 cm³/mol. The highest BCUT2D eigenvalue weighted by Crippen LogP contribution is 2.18. The van der Waals surface area contributed by atoms with E-state index in [1.54, 1.807) is 0 Å². The van der Waals surface area contributed by atoms with E-state index >= 15 is 0 Å². The van der Waals surface area contributed by atoms with Gasteiger partial charge in [0.2, 0.25) is 0 Å². The zero-order chi connectivity index (χ0) is 13.7. The van der Waals surface area contributed by atoms with Crippen molar-refractivity contribution in [2.24, 2.45) is 0 Å². The van der Waals surface area contributed by atoms with Crippen LogP contribution < -0.4 is 10.9 Å². The molecule has 0 amide bonds. The van der Waals surface area contributed by atoms with E-state index in [0.717, 1.165) is 28.7 Å². The molecule has 0 aliphatic rings. The molecule has 2 rings (SSSR count). The van der Waals surface area contributed by atoms with Gasteiger partial charge >= 0.3 is 0 Å². The van der Waals surface area contributed by atoms with E-state index in [0.29, 0.717) is 12.4 Å². The van der Waals surface area contributed by atoms with E-state index in [2.05, 4.69) is 38.1 Å². The van der Waals surface area contributed by atoms with E-state index in [9.17, 15) is 4.79 Å². The predicted octanol–water partition coefficient (Wildman–Crippen LogP) is 2.70. The molecule has 0 spiro atoms. The number of hydrogen-bond donors (Lipinski definition) is 2. The first-order valence-electron chi connectivity index (χ1n) is 6.26. The lowest BCUT2D eigenvalue weighted by Gasteiger charge is -2.06. The first-order chi connectivity index (χ1) is 9.19. The number of halogens is 1. The number of nitrogens with zero attached hydrogens (tertiary/aromatic N) is 1. The summed E-state index contributed by atoms with van der Waals surface area (Å²) in [5.74, 6) is 0.599. The molecule has 1 heterocycles. The average molecular weight is 322 g/mol. The van der Waals surface area contributed by atoms with Crippen molar-refractivity contribution in [1.82, 2.24) is 15.3 Å². The second kappa shape index (κ2) is 6.63. The van der Waals surface area contributed by atoms with Gasteiger partial charge < -0.3 is 10.3 Å². The fourth-order valence-corrected chi connectivity index (χ4v) is 2.16. The fourth-order valence-electron chi connectivity index (χ4n) is 1.76. The molecular formula is C14H16BrN3O. The van der Waals surface area contributed by atoms with E-state index < -0.39 is 0 Å². The van der Waals surface area contributed by atoms with Gasteiger partial charge in [-0.15, -0.1) is 0 Å². The Bertz CT molecular complexity index is 610. The number of aromatic amines is 1. The molecule has 0 saturated heterocycles. The summed E-state index contributed by atoms with van der Waals surface area (Å²) in [5.41, 5.74) is 1.52. The Balaban J connectivity index is 2.28. The van der Waals surface area contributed by atoms with Crippen LogP contribution in [0.3, 0.4) is 0 Å². The van der Waals surface area contributed by atoms with Gasteiger partial charge in [-0.05, 0) is 25.1 Å². The molecule has 2 aromatic rings. The summed E-state index contributed by atoms with van der Waals surface area (Å²) < 4.78 is 0.960. The summed E-state index contributed by atoms with van der Waals surface area (Å²) in [5, 5.41) is 3.24. The SMILES string of the molecule is CCCNCc1cc(=O)[nH]c(-c2cccc(Br)c2)n1. The zero-order valence-corrected chi connectivity index (χ0v) is 12.3. The zero-order valence-electron chi connectivity index (χ0n) is 10.7. The van der Waals surface area contributed by atoms with Crippen molar-refractivity contribution in [2.75, 3.05) is 6.54 Å². The molecule has 0 atom stereocenters. The van der Waals surface area contributed by atoms with Crippen LogP contribution in [-0.2, 0) is 6.54 Å². The Morgan fingerprint density at radius 1 is 1.37 bits per heavy atom. The van der Waals surface area contributed by atoms with E-state index in [4.69, 9.17) is 0 Å². The quantitative estimate of drug-likeness (QED) is 0.832. The molecule has 0 bridgehead atoms. The van der Waals surface area contributed by atoms with E-state index in [1.807, 2.05) is 24.3 Å². The molecular weight excluding hydrogens is 306 g/mol. The highest BCUT2D eigenvalue weighted by molar-refractivity contribution is 9.10. The minimum atomic E-state index is -0.127. The maximum Gasteiger partial charge on any atom is 0.251 e. The Labute approximate surface area is 120 Å². The van der Waals surface area contributed by atoms with Crippen molar-refractivity contribution in [3.8, 4) is 11.4 Å². The Morgan fingerprint density at radius 3 is 2.95 bits per heavy atom. The van der Waals surface area contributed by atoms with Gasteiger partial charge in [0.15, 0.2) is 0 Å². The summed E-state index contributed by atoms with van der Waals surface area (Å²) in [6.07, 6.45) is 1.06. The van der Waals surface area contributed by atoms with Crippen molar-refractivity contribution >= 4 is 15.9 Å². The summed E-state index contributed by atoms with van der Waals surface area (Å²) in [6.45, 7) is 3.63. The van der Waals surface area contributed by atoms with Crippen LogP contribution in [0.1, 0.15) is 19.0 Å². The number of hydrogen-bond acceptors (Lipinski definition) is 3. The molecule has 2 N–H and O–H groups in total. The summed E-state index contributed by atoms with van der Waals surface area (Å²) in [6, 6.07) is 9.24. The lowest BCUT2D eigenvalue weighted by molar-refractivity contribution is 0.662. The highest BCUT2D eigenvalue weighted by Gasteiger charge is 2.04. The van der Waals surface area contributed by atoms with Crippen molar-refractivity contribution in [3.63, 3.8) is 0 Å². The molecule has 1 aromatic heterocycles. The number of H-pyrrole nitrogens is 1. The molecule has 0 saturated carbocycles. The van der Waals surface area contributed by atoms with Crippen molar-refractivity contribution in [2.45, 2.75) is 19.9 Å². The van der Waals surface area contributed by atoms with Crippen LogP contribution in [0.4, 0.5) is 0 Å². The maximum atomic E-state index is 11.7. The minimum Gasteiger partial charge on any atom is -0.311 e. The smallest absolute Gasteiger partial charge is 0.251 e.